The van der Waals surface area contributed by atoms with Crippen LogP contribution in [-0.4, -0.2) is 32.4 Å². The van der Waals surface area contributed by atoms with Crippen LogP contribution < -0.4 is 16.0 Å². The molecule has 210 valence electrons. The summed E-state index contributed by atoms with van der Waals surface area (Å²) >= 11 is 0. The smallest absolute Gasteiger partial charge is 0.131 e. The van der Waals surface area contributed by atoms with Gasteiger partial charge in [0, 0.05) is 30.8 Å². The molecule has 39 heavy (non-hydrogen) atoms. The summed E-state index contributed by atoms with van der Waals surface area (Å²) in [4.78, 5) is 0. The number of hydrogen-bond acceptors (Lipinski definition) is 4. The number of halogens is 1. The fraction of sp³-hybridized carbons (Fsp3) is 0.394. The first-order valence-corrected chi connectivity index (χ1v) is 13.9. The molecule has 1 aliphatic carbocycles. The summed E-state index contributed by atoms with van der Waals surface area (Å²) in [5.41, 5.74) is 5.48. The number of methoxy groups -OCH3 is 1. The number of nitrogens with one attached hydrogen (secondary N) is 2. The van der Waals surface area contributed by atoms with Crippen LogP contribution in [0.2, 0.25) is 0 Å². The maximum absolute atomic E-state index is 14.6. The third-order valence-electron chi connectivity index (χ3n) is 7.62. The number of benzene rings is 2. The fourth-order valence-electron chi connectivity index (χ4n) is 5.26. The highest BCUT2D eigenvalue weighted by atomic mass is 19.1. The predicted molar refractivity (Wildman–Crippen MR) is 160 cm³/mol. The number of ether oxygens (including phenoxy) is 1. The van der Waals surface area contributed by atoms with Gasteiger partial charge in [0.25, 0.3) is 0 Å². The van der Waals surface area contributed by atoms with E-state index in [2.05, 4.69) is 35.9 Å². The summed E-state index contributed by atoms with van der Waals surface area (Å²) in [6.07, 6.45) is 11.9. The van der Waals surface area contributed by atoms with Gasteiger partial charge in [0.05, 0.1) is 19.1 Å². The van der Waals surface area contributed by atoms with Crippen molar-refractivity contribution in [2.45, 2.75) is 45.3 Å². The number of aliphatic hydroxyl groups excluding tert-OH is 1. The van der Waals surface area contributed by atoms with E-state index in [1.54, 1.807) is 7.11 Å². The lowest BCUT2D eigenvalue weighted by Gasteiger charge is -2.30. The zero-order valence-electron chi connectivity index (χ0n) is 23.7. The number of anilines is 1. The van der Waals surface area contributed by atoms with Crippen molar-refractivity contribution in [1.29, 1.82) is 0 Å². The summed E-state index contributed by atoms with van der Waals surface area (Å²) in [6, 6.07) is 11.1. The van der Waals surface area contributed by atoms with Gasteiger partial charge in [-0.15, -0.1) is 0 Å². The standard InChI is InChI=1S/C33H44FN3O2/c1-6-30-28(17-18-36-21-23(2)11-14-27-9-7-8-10-32(27)35-4)19-29(34)20-31(30)33(38)37-22-25-12-15-26(16-13-25)24(3)39-5/h7-11,14,17-20,25-26,33,35-38H,2-3,6,12-13,15-16,21-22H2,1,4-5H3/p+1. The monoisotopic (exact) mass is 534 g/mol. The summed E-state index contributed by atoms with van der Waals surface area (Å²) in [5.74, 6) is 1.40. The van der Waals surface area contributed by atoms with E-state index >= 15 is 0 Å². The summed E-state index contributed by atoms with van der Waals surface area (Å²) < 4.78 is 19.9. The van der Waals surface area contributed by atoms with E-state index in [1.165, 1.54) is 12.1 Å². The Morgan fingerprint density at radius 2 is 1.90 bits per heavy atom. The molecule has 1 saturated carbocycles. The molecule has 0 spiro atoms. The Bertz CT molecular complexity index is 1170. The van der Waals surface area contributed by atoms with Crippen molar-refractivity contribution >= 4 is 17.8 Å². The van der Waals surface area contributed by atoms with Gasteiger partial charge in [-0.1, -0.05) is 50.4 Å². The van der Waals surface area contributed by atoms with Crippen LogP contribution in [0.5, 0.6) is 0 Å². The van der Waals surface area contributed by atoms with Crippen molar-refractivity contribution in [3.05, 3.63) is 101 Å². The average Bonchev–Trinajstić information content (AvgIpc) is 2.96. The quantitative estimate of drug-likeness (QED) is 0.141. The van der Waals surface area contributed by atoms with Gasteiger partial charge in [-0.05, 0) is 84.6 Å². The number of hydrogen-bond donors (Lipinski definition) is 4. The van der Waals surface area contributed by atoms with Crippen LogP contribution >= 0.6 is 0 Å². The lowest BCUT2D eigenvalue weighted by molar-refractivity contribution is -0.577. The predicted octanol–water partition coefficient (Wildman–Crippen LogP) is 5.78. The Morgan fingerprint density at radius 3 is 2.59 bits per heavy atom. The van der Waals surface area contributed by atoms with E-state index in [1.807, 2.05) is 55.8 Å². The number of allylic oxidation sites excluding steroid dienone is 1. The molecule has 2 aromatic carbocycles. The Balaban J connectivity index is 1.56. The van der Waals surface area contributed by atoms with Gasteiger partial charge in [-0.2, -0.15) is 0 Å². The van der Waals surface area contributed by atoms with Crippen molar-refractivity contribution in [3.63, 3.8) is 0 Å². The number of aliphatic hydroxyl groups is 1. The molecule has 0 saturated heterocycles. The number of nitrogens with two attached hydrogens (primary N) is 1. The molecule has 1 atom stereocenters. The second kappa shape index (κ2) is 15.4. The molecular weight excluding hydrogens is 489 g/mol. The zero-order chi connectivity index (χ0) is 28.2. The van der Waals surface area contributed by atoms with Crippen molar-refractivity contribution < 1.29 is 19.6 Å². The zero-order valence-corrected chi connectivity index (χ0v) is 23.7. The van der Waals surface area contributed by atoms with Gasteiger partial charge < -0.3 is 20.5 Å². The van der Waals surface area contributed by atoms with Crippen LogP contribution in [0.25, 0.3) is 12.2 Å². The number of rotatable bonds is 14. The molecule has 0 amide bonds. The minimum Gasteiger partial charge on any atom is -0.501 e. The Hall–Kier alpha value is -3.19. The number of quaternary nitrogens is 1. The van der Waals surface area contributed by atoms with Crippen molar-refractivity contribution in [2.24, 2.45) is 11.8 Å². The van der Waals surface area contributed by atoms with E-state index in [4.69, 9.17) is 4.74 Å². The molecule has 0 aliphatic heterocycles. The minimum absolute atomic E-state index is 0.350. The molecule has 0 aromatic heterocycles. The minimum atomic E-state index is -0.913. The van der Waals surface area contributed by atoms with Gasteiger partial charge in [-0.3, -0.25) is 5.32 Å². The molecule has 1 unspecified atom stereocenters. The highest BCUT2D eigenvalue weighted by molar-refractivity contribution is 5.67. The van der Waals surface area contributed by atoms with Gasteiger partial charge >= 0.3 is 0 Å². The molecule has 0 heterocycles. The van der Waals surface area contributed by atoms with Crippen LogP contribution in [0.15, 0.2) is 73.2 Å². The third-order valence-corrected chi connectivity index (χ3v) is 7.62. The van der Waals surface area contributed by atoms with E-state index in [-0.39, 0.29) is 5.82 Å². The highest BCUT2D eigenvalue weighted by Gasteiger charge is 2.24. The molecule has 1 aliphatic rings. The van der Waals surface area contributed by atoms with E-state index < -0.39 is 6.23 Å². The number of para-hydroxylation sites is 1. The first kappa shape index (κ1) is 30.4. The maximum atomic E-state index is 14.6. The average molecular weight is 535 g/mol. The Morgan fingerprint density at radius 1 is 1.15 bits per heavy atom. The summed E-state index contributed by atoms with van der Waals surface area (Å²) in [5, 5.41) is 19.4. The molecule has 0 radical (unpaired) electrons. The molecule has 5 nitrogen and oxygen atoms in total. The summed E-state index contributed by atoms with van der Waals surface area (Å²) in [6.45, 7) is 11.6. The second-order valence-corrected chi connectivity index (χ2v) is 10.2. The molecule has 5 N–H and O–H groups in total. The van der Waals surface area contributed by atoms with Gasteiger partial charge in [0.1, 0.15) is 18.6 Å². The van der Waals surface area contributed by atoms with E-state index in [9.17, 15) is 9.50 Å². The Labute approximate surface area is 233 Å². The van der Waals surface area contributed by atoms with Gasteiger partial charge in [-0.25, -0.2) is 4.39 Å². The Kier molecular flexibility index (Phi) is 12.0. The lowest BCUT2D eigenvalue weighted by Crippen LogP contribution is -2.78. The molecular formula is C33H45FN3O2+. The second-order valence-electron chi connectivity index (χ2n) is 10.2. The van der Waals surface area contributed by atoms with Crippen molar-refractivity contribution in [3.8, 4) is 0 Å². The largest absolute Gasteiger partial charge is 0.501 e. The fourth-order valence-corrected chi connectivity index (χ4v) is 5.26. The van der Waals surface area contributed by atoms with E-state index in [0.717, 1.165) is 59.4 Å². The SMILES string of the molecule is C=C(C=Cc1ccccc1NC)C[NH2+]C=Cc1cc(F)cc(C(O)NCC2CCC(C(=C)OC)CC2)c1CC. The summed E-state index contributed by atoms with van der Waals surface area (Å²) in [7, 11) is 3.59. The van der Waals surface area contributed by atoms with E-state index in [0.29, 0.717) is 36.9 Å². The van der Waals surface area contributed by atoms with Crippen LogP contribution in [0.1, 0.15) is 61.1 Å². The maximum Gasteiger partial charge on any atom is 0.131 e. The van der Waals surface area contributed by atoms with Gasteiger partial charge in [0.2, 0.25) is 0 Å². The molecule has 1 fully saturated rings. The van der Waals surface area contributed by atoms with Crippen LogP contribution in [-0.2, 0) is 11.2 Å². The molecule has 6 heteroatoms. The normalized spacial score (nSPS) is 18.4. The van der Waals surface area contributed by atoms with Crippen molar-refractivity contribution in [2.75, 3.05) is 32.6 Å². The highest BCUT2D eigenvalue weighted by Crippen LogP contribution is 2.33. The first-order valence-electron chi connectivity index (χ1n) is 13.9. The molecule has 3 rings (SSSR count). The van der Waals surface area contributed by atoms with Gasteiger partial charge in [0.15, 0.2) is 0 Å². The molecule has 0 bridgehead atoms. The van der Waals surface area contributed by atoms with Crippen molar-refractivity contribution in [1.82, 2.24) is 5.32 Å². The topological polar surface area (TPSA) is 70.1 Å². The molecule has 2 aromatic rings. The third kappa shape index (κ3) is 8.92. The van der Waals surface area contributed by atoms with Crippen LogP contribution in [0, 0.1) is 17.7 Å². The van der Waals surface area contributed by atoms with Crippen LogP contribution in [0.3, 0.4) is 0 Å². The van der Waals surface area contributed by atoms with Crippen LogP contribution in [0.4, 0.5) is 10.1 Å². The first-order chi connectivity index (χ1) is 18.9. The lowest BCUT2D eigenvalue weighted by atomic mass is 9.81.